The van der Waals surface area contributed by atoms with Crippen molar-refractivity contribution in [1.29, 1.82) is 0 Å². The van der Waals surface area contributed by atoms with Crippen LogP contribution in [0.4, 0.5) is 0 Å². The van der Waals surface area contributed by atoms with E-state index in [1.165, 1.54) is 5.56 Å². The fourth-order valence-corrected chi connectivity index (χ4v) is 2.80. The number of likely N-dealkylation sites (tertiary alicyclic amines) is 1. The number of rotatable bonds is 6. The van der Waals surface area contributed by atoms with Gasteiger partial charge in [0, 0.05) is 19.6 Å². The van der Waals surface area contributed by atoms with Crippen molar-refractivity contribution in [3.8, 4) is 0 Å². The summed E-state index contributed by atoms with van der Waals surface area (Å²) in [5, 5.41) is 12.9. The lowest BCUT2D eigenvalue weighted by molar-refractivity contribution is -0.131. The van der Waals surface area contributed by atoms with Gasteiger partial charge in [0.1, 0.15) is 0 Å². The number of carbonyl (C=O) groups excluding carboxylic acids is 1. The van der Waals surface area contributed by atoms with Gasteiger partial charge in [-0.05, 0) is 38.3 Å². The van der Waals surface area contributed by atoms with Crippen LogP contribution in [0.3, 0.4) is 0 Å². The van der Waals surface area contributed by atoms with Gasteiger partial charge in [-0.2, -0.15) is 0 Å². The Morgan fingerprint density at radius 1 is 1.33 bits per heavy atom. The predicted octanol–water partition coefficient (Wildman–Crippen LogP) is 1.44. The van der Waals surface area contributed by atoms with E-state index in [2.05, 4.69) is 34.5 Å². The molecule has 2 atom stereocenters. The van der Waals surface area contributed by atoms with Gasteiger partial charge < -0.3 is 15.3 Å². The highest BCUT2D eigenvalue weighted by Gasteiger charge is 2.31. The molecule has 1 aliphatic rings. The molecule has 2 rings (SSSR count). The van der Waals surface area contributed by atoms with Crippen LogP contribution in [0.15, 0.2) is 30.3 Å². The molecule has 4 nitrogen and oxygen atoms in total. The second kappa shape index (κ2) is 8.15. The number of aryl methyl sites for hydroxylation is 1. The summed E-state index contributed by atoms with van der Waals surface area (Å²) >= 11 is 0. The summed E-state index contributed by atoms with van der Waals surface area (Å²) in [7, 11) is 1.99. The van der Waals surface area contributed by atoms with Gasteiger partial charge in [0.05, 0.1) is 12.0 Å². The van der Waals surface area contributed by atoms with Gasteiger partial charge in [0.15, 0.2) is 0 Å². The van der Waals surface area contributed by atoms with Crippen LogP contribution in [-0.4, -0.2) is 48.7 Å². The van der Waals surface area contributed by atoms with Crippen molar-refractivity contribution < 1.29 is 9.90 Å². The topological polar surface area (TPSA) is 52.6 Å². The minimum absolute atomic E-state index is 0.00578. The van der Waals surface area contributed by atoms with Gasteiger partial charge in [-0.1, -0.05) is 30.3 Å². The van der Waals surface area contributed by atoms with Crippen molar-refractivity contribution in [3.05, 3.63) is 35.9 Å². The van der Waals surface area contributed by atoms with E-state index in [9.17, 15) is 9.90 Å². The van der Waals surface area contributed by atoms with Crippen LogP contribution in [0, 0.1) is 5.92 Å². The molecule has 0 spiro atoms. The maximum atomic E-state index is 12.1. The Morgan fingerprint density at radius 2 is 2.10 bits per heavy atom. The molecule has 116 valence electrons. The molecule has 4 heteroatoms. The van der Waals surface area contributed by atoms with Crippen molar-refractivity contribution >= 4 is 5.91 Å². The lowest BCUT2D eigenvalue weighted by Crippen LogP contribution is -2.48. The van der Waals surface area contributed by atoms with E-state index in [0.29, 0.717) is 19.5 Å². The van der Waals surface area contributed by atoms with Crippen molar-refractivity contribution in [1.82, 2.24) is 10.2 Å². The van der Waals surface area contributed by atoms with Crippen LogP contribution in [-0.2, 0) is 11.2 Å². The Kier molecular flexibility index (Phi) is 6.21. The fourth-order valence-electron chi connectivity index (χ4n) is 2.80. The molecule has 1 aliphatic heterocycles. The molecule has 1 fully saturated rings. The van der Waals surface area contributed by atoms with Gasteiger partial charge in [0.25, 0.3) is 0 Å². The van der Waals surface area contributed by atoms with Gasteiger partial charge in [-0.25, -0.2) is 0 Å². The Hall–Kier alpha value is -1.39. The number of unbranched alkanes of at least 4 members (excludes halogenated alkanes) is 1. The zero-order chi connectivity index (χ0) is 15.1. The number of aliphatic hydroxyl groups excluding tert-OH is 1. The highest BCUT2D eigenvalue weighted by atomic mass is 16.3. The molecule has 0 bridgehead atoms. The summed E-state index contributed by atoms with van der Waals surface area (Å²) in [6.07, 6.45) is 3.27. The third-order valence-corrected chi connectivity index (χ3v) is 4.15. The molecular weight excluding hydrogens is 264 g/mol. The largest absolute Gasteiger partial charge is 0.392 e. The Bertz CT molecular complexity index is 436. The number of nitrogens with one attached hydrogen (secondary N) is 1. The Morgan fingerprint density at radius 3 is 2.86 bits per heavy atom. The number of amides is 1. The molecule has 0 unspecified atom stereocenters. The Labute approximate surface area is 127 Å². The third-order valence-electron chi connectivity index (χ3n) is 4.15. The second-order valence-corrected chi connectivity index (χ2v) is 5.96. The molecular formula is C17H26N2O2. The number of benzene rings is 1. The van der Waals surface area contributed by atoms with Crippen LogP contribution < -0.4 is 5.32 Å². The van der Waals surface area contributed by atoms with Crippen LogP contribution in [0.5, 0.6) is 0 Å². The van der Waals surface area contributed by atoms with Gasteiger partial charge in [0.2, 0.25) is 5.91 Å². The average molecular weight is 290 g/mol. The first-order valence-corrected chi connectivity index (χ1v) is 7.85. The molecule has 0 saturated carbocycles. The zero-order valence-corrected chi connectivity index (χ0v) is 12.8. The van der Waals surface area contributed by atoms with Gasteiger partial charge >= 0.3 is 0 Å². The Balaban J connectivity index is 1.63. The lowest BCUT2D eigenvalue weighted by atomic mass is 9.94. The summed E-state index contributed by atoms with van der Waals surface area (Å²) in [5.74, 6) is -0.286. The maximum absolute atomic E-state index is 12.1. The van der Waals surface area contributed by atoms with E-state index in [1.807, 2.05) is 13.1 Å². The summed E-state index contributed by atoms with van der Waals surface area (Å²) in [4.78, 5) is 14.2. The van der Waals surface area contributed by atoms with E-state index in [4.69, 9.17) is 0 Å². The quantitative estimate of drug-likeness (QED) is 0.780. The molecule has 1 aromatic rings. The van der Waals surface area contributed by atoms with E-state index >= 15 is 0 Å². The van der Waals surface area contributed by atoms with Crippen molar-refractivity contribution in [2.24, 2.45) is 5.92 Å². The number of aliphatic hydroxyl groups is 1. The van der Waals surface area contributed by atoms with E-state index in [0.717, 1.165) is 25.8 Å². The van der Waals surface area contributed by atoms with Crippen LogP contribution in [0.1, 0.15) is 24.8 Å². The first-order valence-electron chi connectivity index (χ1n) is 7.85. The summed E-state index contributed by atoms with van der Waals surface area (Å²) in [6, 6.07) is 10.4. The number of carbonyl (C=O) groups is 1. The first-order chi connectivity index (χ1) is 10.2. The molecule has 0 radical (unpaired) electrons. The number of hydrogen-bond acceptors (Lipinski definition) is 3. The first kappa shape index (κ1) is 16.0. The van der Waals surface area contributed by atoms with Gasteiger partial charge in [-0.15, -0.1) is 0 Å². The SMILES string of the molecule is CN1CC[C@H](O)[C@H](C(=O)NCCCCc2ccccc2)C1. The minimum atomic E-state index is -0.495. The standard InChI is InChI=1S/C17H26N2O2/c1-19-12-10-16(20)15(13-19)17(21)18-11-6-5-9-14-7-3-2-4-8-14/h2-4,7-8,15-16,20H,5-6,9-13H2,1H3,(H,18,21)/t15-,16+/m1/s1. The van der Waals surface area contributed by atoms with Gasteiger partial charge in [-0.3, -0.25) is 4.79 Å². The molecule has 1 amide bonds. The van der Waals surface area contributed by atoms with Crippen LogP contribution >= 0.6 is 0 Å². The van der Waals surface area contributed by atoms with E-state index in [1.54, 1.807) is 0 Å². The van der Waals surface area contributed by atoms with Crippen LogP contribution in [0.25, 0.3) is 0 Å². The minimum Gasteiger partial charge on any atom is -0.392 e. The molecule has 2 N–H and O–H groups in total. The fraction of sp³-hybridized carbons (Fsp3) is 0.588. The third kappa shape index (κ3) is 5.14. The maximum Gasteiger partial charge on any atom is 0.227 e. The second-order valence-electron chi connectivity index (χ2n) is 5.96. The lowest BCUT2D eigenvalue weighted by Gasteiger charge is -2.32. The predicted molar refractivity (Wildman–Crippen MR) is 84.0 cm³/mol. The highest BCUT2D eigenvalue weighted by molar-refractivity contribution is 5.79. The average Bonchev–Trinajstić information content (AvgIpc) is 2.50. The molecule has 0 aromatic heterocycles. The van der Waals surface area contributed by atoms with Crippen LogP contribution in [0.2, 0.25) is 0 Å². The number of nitrogens with zero attached hydrogens (tertiary/aromatic N) is 1. The molecule has 1 saturated heterocycles. The summed E-state index contributed by atoms with van der Waals surface area (Å²) in [6.45, 7) is 2.21. The molecule has 0 aliphatic carbocycles. The zero-order valence-electron chi connectivity index (χ0n) is 12.8. The summed E-state index contributed by atoms with van der Waals surface area (Å²) in [5.41, 5.74) is 1.34. The van der Waals surface area contributed by atoms with Crippen molar-refractivity contribution in [2.45, 2.75) is 31.8 Å². The molecule has 1 heterocycles. The monoisotopic (exact) mass is 290 g/mol. The summed E-state index contributed by atoms with van der Waals surface area (Å²) < 4.78 is 0. The number of piperidine rings is 1. The molecule has 21 heavy (non-hydrogen) atoms. The van der Waals surface area contributed by atoms with Crippen molar-refractivity contribution in [2.75, 3.05) is 26.7 Å². The smallest absolute Gasteiger partial charge is 0.227 e. The highest BCUT2D eigenvalue weighted by Crippen LogP contribution is 2.16. The van der Waals surface area contributed by atoms with Crippen molar-refractivity contribution in [3.63, 3.8) is 0 Å². The number of hydrogen-bond donors (Lipinski definition) is 2. The molecule has 1 aromatic carbocycles. The van der Waals surface area contributed by atoms with E-state index < -0.39 is 6.10 Å². The normalized spacial score (nSPS) is 23.0. The van der Waals surface area contributed by atoms with E-state index in [-0.39, 0.29) is 11.8 Å².